The van der Waals surface area contributed by atoms with E-state index in [0.717, 1.165) is 80.7 Å². The molecular formula is C51H72N6O3Si2. The molecule has 0 radical (unpaired) electrons. The molecule has 0 bridgehead atoms. The van der Waals surface area contributed by atoms with E-state index < -0.39 is 16.4 Å². The number of likely N-dealkylation sites (N-methyl/N-ethyl adjacent to an activating group) is 1. The molecule has 3 aromatic carbocycles. The smallest absolute Gasteiger partial charge is 0.261 e. The van der Waals surface area contributed by atoms with Gasteiger partial charge in [0.1, 0.15) is 26.0 Å². The Morgan fingerprint density at radius 3 is 1.97 bits per heavy atom. The number of fused-ring (bicyclic) bond motifs is 1. The van der Waals surface area contributed by atoms with Crippen molar-refractivity contribution >= 4 is 44.3 Å². The van der Waals surface area contributed by atoms with E-state index >= 15 is 0 Å². The molecule has 9 nitrogen and oxygen atoms in total. The van der Waals surface area contributed by atoms with Crippen LogP contribution in [0.1, 0.15) is 93.6 Å². The number of nitrogens with zero attached hydrogens (tertiary/aromatic N) is 4. The molecule has 0 unspecified atom stereocenters. The highest BCUT2D eigenvalue weighted by Crippen LogP contribution is 2.41. The molecule has 2 aliphatic rings. The van der Waals surface area contributed by atoms with Crippen LogP contribution in [0.25, 0.3) is 6.20 Å². The van der Waals surface area contributed by atoms with Crippen LogP contribution in [0, 0.1) is 11.5 Å². The summed E-state index contributed by atoms with van der Waals surface area (Å²) < 4.78 is 13.8. The van der Waals surface area contributed by atoms with Crippen LogP contribution in [0.3, 0.4) is 0 Å². The quantitative estimate of drug-likeness (QED) is 0.0635. The molecule has 6 rings (SSSR count). The van der Waals surface area contributed by atoms with Gasteiger partial charge in [-0.05, 0) is 70.5 Å². The summed E-state index contributed by atoms with van der Waals surface area (Å²) in [5.41, 5.74) is 12.0. The maximum absolute atomic E-state index is 12.8. The molecule has 332 valence electrons. The van der Waals surface area contributed by atoms with Gasteiger partial charge >= 0.3 is 0 Å². The Bertz CT molecular complexity index is 2260. The number of nitrogens with one attached hydrogen (secondary N) is 2. The number of hydrazine groups is 1. The highest BCUT2D eigenvalue weighted by atomic mass is 28.4. The molecule has 0 saturated carbocycles. The summed E-state index contributed by atoms with van der Waals surface area (Å²) >= 11 is 0. The minimum atomic E-state index is -2.54. The van der Waals surface area contributed by atoms with Crippen LogP contribution in [-0.2, 0) is 4.43 Å². The van der Waals surface area contributed by atoms with Crippen LogP contribution in [-0.4, -0.2) is 84.4 Å². The lowest BCUT2D eigenvalue weighted by Gasteiger charge is -2.43. The standard InChI is InChI=1S/C51H72N6O3Si2/c1-39(2)61(40(3)4,41(5)6)34-27-42-35-49(58)53-50-46(42)37-57(38-52-50)54-47-26-25-43(56-30-28-55(10)29-31-56)36-48(47)59-32-19-11-12-20-33-60-62(51(7,8)9,44-21-15-13-16-22-44)45-23-17-14-18-24-45/h13-18,21-26,35-37,39-41,54H,11-12,19-20,28-33,38H2,1-10H3,(H,52,53,58). The average molecular weight is 873 g/mol. The molecule has 2 N–H and O–H groups in total. The number of benzene rings is 3. The first kappa shape index (κ1) is 46.9. The number of hydrogen-bond acceptors (Lipinski definition) is 8. The van der Waals surface area contributed by atoms with Crippen LogP contribution in [0.4, 0.5) is 11.4 Å². The molecule has 0 spiro atoms. The van der Waals surface area contributed by atoms with Crippen molar-refractivity contribution < 1.29 is 9.16 Å². The third-order valence-corrected chi connectivity index (χ3v) is 24.5. The lowest BCUT2D eigenvalue weighted by atomic mass is 10.2. The monoisotopic (exact) mass is 873 g/mol. The Labute approximate surface area is 373 Å². The van der Waals surface area contributed by atoms with Crippen LogP contribution >= 0.6 is 0 Å². The molecule has 0 atom stereocenters. The SMILES string of the molecule is CC(C)[Si](C#Cc1cc(=O)[nH]c2c1=CN(Nc1ccc(N3CCN(C)CC3)cc1OCCCCCCO[Si](c1ccccc1)(c1ccccc1)C(C)(C)C)CN=2)(C(C)C)C(C)C. The molecule has 1 aromatic heterocycles. The fourth-order valence-electron chi connectivity index (χ4n) is 9.80. The predicted molar refractivity (Wildman–Crippen MR) is 264 cm³/mol. The van der Waals surface area contributed by atoms with Gasteiger partial charge in [-0.3, -0.25) is 15.2 Å². The summed E-state index contributed by atoms with van der Waals surface area (Å²) in [5, 5.41) is 5.40. The molecule has 0 amide bonds. The number of unbranched alkanes of at least 4 members (excludes halogenated alkanes) is 3. The lowest BCUT2D eigenvalue weighted by molar-refractivity contribution is 0.277. The highest BCUT2D eigenvalue weighted by Gasteiger charge is 2.50. The van der Waals surface area contributed by atoms with Crippen LogP contribution in [0.15, 0.2) is 94.7 Å². The largest absolute Gasteiger partial charge is 0.491 e. The second-order valence-electron chi connectivity index (χ2n) is 19.2. The van der Waals surface area contributed by atoms with E-state index in [1.807, 2.05) is 11.2 Å². The van der Waals surface area contributed by atoms with E-state index in [4.69, 9.17) is 14.2 Å². The highest BCUT2D eigenvalue weighted by molar-refractivity contribution is 6.99. The minimum absolute atomic E-state index is 0.0322. The summed E-state index contributed by atoms with van der Waals surface area (Å²) in [5.74, 6) is 4.35. The summed E-state index contributed by atoms with van der Waals surface area (Å²) in [6.45, 7) is 26.5. The van der Waals surface area contributed by atoms with Crippen LogP contribution in [0.2, 0.25) is 21.7 Å². The van der Waals surface area contributed by atoms with E-state index in [1.165, 1.54) is 16.1 Å². The van der Waals surface area contributed by atoms with E-state index in [1.54, 1.807) is 6.07 Å². The summed E-state index contributed by atoms with van der Waals surface area (Å²) in [7, 11) is -2.38. The topological polar surface area (TPSA) is 85.4 Å². The number of hydrogen-bond donors (Lipinski definition) is 2. The molecule has 4 aromatic rings. The van der Waals surface area contributed by atoms with Gasteiger partial charge in [-0.1, -0.05) is 135 Å². The third-order valence-electron chi connectivity index (χ3n) is 13.1. The summed E-state index contributed by atoms with van der Waals surface area (Å²) in [4.78, 5) is 25.4. The van der Waals surface area contributed by atoms with Gasteiger partial charge in [-0.25, -0.2) is 4.99 Å². The number of pyridine rings is 1. The first-order valence-electron chi connectivity index (χ1n) is 23.0. The van der Waals surface area contributed by atoms with Crippen molar-refractivity contribution in [1.82, 2.24) is 14.9 Å². The van der Waals surface area contributed by atoms with E-state index in [-0.39, 0.29) is 10.6 Å². The maximum Gasteiger partial charge on any atom is 0.261 e. The van der Waals surface area contributed by atoms with Crippen LogP contribution < -0.4 is 41.7 Å². The van der Waals surface area contributed by atoms with E-state index in [2.05, 4.69) is 180 Å². The maximum atomic E-state index is 12.8. The zero-order valence-corrected chi connectivity index (χ0v) is 41.2. The predicted octanol–water partition coefficient (Wildman–Crippen LogP) is 7.87. The molecule has 3 heterocycles. The van der Waals surface area contributed by atoms with Crippen molar-refractivity contribution in [2.24, 2.45) is 4.99 Å². The minimum Gasteiger partial charge on any atom is -0.491 e. The Morgan fingerprint density at radius 2 is 1.39 bits per heavy atom. The van der Waals surface area contributed by atoms with Gasteiger partial charge in [0, 0.05) is 62.4 Å². The van der Waals surface area contributed by atoms with Gasteiger partial charge < -0.3 is 23.9 Å². The molecule has 1 fully saturated rings. The van der Waals surface area contributed by atoms with Crippen molar-refractivity contribution in [3.63, 3.8) is 0 Å². The first-order chi connectivity index (χ1) is 29.7. The first-order valence-corrected chi connectivity index (χ1v) is 27.1. The van der Waals surface area contributed by atoms with E-state index in [9.17, 15) is 4.79 Å². The molecule has 62 heavy (non-hydrogen) atoms. The van der Waals surface area contributed by atoms with Crippen molar-refractivity contribution in [1.29, 1.82) is 0 Å². The number of anilines is 2. The second kappa shape index (κ2) is 20.7. The molecular weight excluding hydrogens is 801 g/mol. The molecule has 11 heteroatoms. The molecule has 0 aliphatic carbocycles. The number of ether oxygens (including phenoxy) is 1. The van der Waals surface area contributed by atoms with E-state index in [0.29, 0.717) is 35.4 Å². The van der Waals surface area contributed by atoms with Gasteiger partial charge in [0.2, 0.25) is 0 Å². The number of piperazine rings is 1. The number of aromatic amines is 1. The Morgan fingerprint density at radius 1 is 0.790 bits per heavy atom. The normalized spacial score (nSPS) is 14.9. The Balaban J connectivity index is 1.15. The summed E-state index contributed by atoms with van der Waals surface area (Å²) in [6.07, 6.45) is 6.09. The Hall–Kier alpha value is -4.61. The van der Waals surface area contributed by atoms with Crippen molar-refractivity contribution in [3.8, 4) is 17.2 Å². The van der Waals surface area contributed by atoms with Crippen molar-refractivity contribution in [3.05, 3.63) is 112 Å². The van der Waals surface area contributed by atoms with Crippen molar-refractivity contribution in [2.45, 2.75) is 110 Å². The number of rotatable bonds is 17. The van der Waals surface area contributed by atoms with Crippen LogP contribution in [0.5, 0.6) is 5.75 Å². The van der Waals surface area contributed by atoms with Gasteiger partial charge in [0.15, 0.2) is 0 Å². The van der Waals surface area contributed by atoms with Gasteiger partial charge in [0.25, 0.3) is 13.9 Å². The third kappa shape index (κ3) is 10.6. The molecule has 1 saturated heterocycles. The van der Waals surface area contributed by atoms with Gasteiger partial charge in [0.05, 0.1) is 17.5 Å². The second-order valence-corrected chi connectivity index (χ2v) is 29.1. The Kier molecular flexibility index (Phi) is 15.7. The van der Waals surface area contributed by atoms with Gasteiger partial charge in [-0.2, -0.15) is 0 Å². The van der Waals surface area contributed by atoms with Crippen molar-refractivity contribution in [2.75, 3.05) is 63.4 Å². The number of H-pyrrole nitrogens is 1. The lowest BCUT2D eigenvalue weighted by Crippen LogP contribution is -2.66. The zero-order valence-electron chi connectivity index (χ0n) is 39.2. The fourth-order valence-corrected chi connectivity index (χ4v) is 19.6. The zero-order chi connectivity index (χ0) is 44.5. The summed E-state index contributed by atoms with van der Waals surface area (Å²) in [6, 6.07) is 29.9. The number of aromatic nitrogens is 1. The fraction of sp³-hybridized carbons (Fsp3) is 0.490. The molecule has 2 aliphatic heterocycles. The average Bonchev–Trinajstić information content (AvgIpc) is 3.24. The van der Waals surface area contributed by atoms with Gasteiger partial charge in [-0.15, -0.1) is 5.54 Å².